The zero-order valence-electron chi connectivity index (χ0n) is 16.0. The molecule has 2 aliphatic carbocycles. The van der Waals surface area contributed by atoms with Crippen molar-refractivity contribution in [3.05, 3.63) is 35.4 Å². The summed E-state index contributed by atoms with van der Waals surface area (Å²) in [5.74, 6) is 1.32. The smallest absolute Gasteiger partial charge is 0.211 e. The molecular weight excluding hydrogens is 358 g/mol. The normalized spacial score (nSPS) is 31.9. The fourth-order valence-electron chi connectivity index (χ4n) is 5.25. The number of hydrogen-bond acceptors (Lipinski definition) is 4. The monoisotopic (exact) mass is 387 g/mol. The van der Waals surface area contributed by atoms with Crippen molar-refractivity contribution in [2.75, 3.05) is 25.9 Å². The lowest BCUT2D eigenvalue weighted by Gasteiger charge is -2.33. The molecule has 1 aromatic rings. The Morgan fingerprint density at radius 1 is 1.30 bits per heavy atom. The summed E-state index contributed by atoms with van der Waals surface area (Å²) in [6.07, 6.45) is 8.10. The van der Waals surface area contributed by atoms with Gasteiger partial charge in [-0.1, -0.05) is 12.1 Å². The van der Waals surface area contributed by atoms with Crippen LogP contribution < -0.4 is 5.32 Å². The zero-order valence-corrected chi connectivity index (χ0v) is 16.8. The predicted octanol–water partition coefficient (Wildman–Crippen LogP) is 2.63. The Balaban J connectivity index is 1.26. The van der Waals surface area contributed by atoms with Gasteiger partial charge in [0.1, 0.15) is 0 Å². The maximum absolute atomic E-state index is 11.6. The number of piperidine rings is 1. The van der Waals surface area contributed by atoms with Crippen LogP contribution >= 0.6 is 0 Å². The number of nitrogens with one attached hydrogen (secondary N) is 1. The first kappa shape index (κ1) is 18.9. The molecule has 3 unspecified atom stereocenters. The van der Waals surface area contributed by atoms with Gasteiger partial charge in [-0.15, -0.1) is 0 Å². The third-order valence-corrected chi connectivity index (χ3v) is 8.35. The summed E-state index contributed by atoms with van der Waals surface area (Å²) in [6, 6.07) is 11.0. The second kappa shape index (κ2) is 7.20. The molecule has 1 aromatic carbocycles. The molecule has 0 spiro atoms. The predicted molar refractivity (Wildman–Crippen MR) is 106 cm³/mol. The summed E-state index contributed by atoms with van der Waals surface area (Å²) >= 11 is 0. The van der Waals surface area contributed by atoms with Crippen LogP contribution in [-0.2, 0) is 15.4 Å². The van der Waals surface area contributed by atoms with Crippen molar-refractivity contribution in [1.82, 2.24) is 9.62 Å². The van der Waals surface area contributed by atoms with Crippen LogP contribution in [0.3, 0.4) is 0 Å². The number of nitriles is 1. The van der Waals surface area contributed by atoms with Gasteiger partial charge in [0.2, 0.25) is 10.0 Å². The first-order valence-electron chi connectivity index (χ1n) is 10.1. The van der Waals surface area contributed by atoms with Crippen LogP contribution in [0.5, 0.6) is 0 Å². The van der Waals surface area contributed by atoms with Crippen LogP contribution in [0.2, 0.25) is 0 Å². The summed E-state index contributed by atoms with van der Waals surface area (Å²) in [7, 11) is -3.03. The first-order chi connectivity index (χ1) is 12.9. The Bertz CT molecular complexity index is 839. The van der Waals surface area contributed by atoms with Gasteiger partial charge in [0.05, 0.1) is 17.9 Å². The summed E-state index contributed by atoms with van der Waals surface area (Å²) in [5, 5.41) is 12.9. The molecule has 1 saturated heterocycles. The molecule has 0 radical (unpaired) electrons. The second-order valence-electron chi connectivity index (χ2n) is 8.73. The highest BCUT2D eigenvalue weighted by molar-refractivity contribution is 7.88. The van der Waals surface area contributed by atoms with Crippen LogP contribution in [0, 0.1) is 23.2 Å². The van der Waals surface area contributed by atoms with E-state index >= 15 is 0 Å². The van der Waals surface area contributed by atoms with E-state index in [2.05, 4.69) is 23.5 Å². The van der Waals surface area contributed by atoms with E-state index in [-0.39, 0.29) is 0 Å². The van der Waals surface area contributed by atoms with Crippen LogP contribution in [0.25, 0.3) is 0 Å². The lowest BCUT2D eigenvalue weighted by atomic mass is 9.80. The lowest BCUT2D eigenvalue weighted by Crippen LogP contribution is -2.43. The highest BCUT2D eigenvalue weighted by Gasteiger charge is 2.57. The third kappa shape index (κ3) is 3.91. The zero-order chi connectivity index (χ0) is 19.1. The minimum Gasteiger partial charge on any atom is -0.314 e. The molecule has 1 heterocycles. The Morgan fingerprint density at radius 2 is 2.07 bits per heavy atom. The van der Waals surface area contributed by atoms with Crippen LogP contribution in [0.15, 0.2) is 24.3 Å². The van der Waals surface area contributed by atoms with Crippen molar-refractivity contribution < 1.29 is 8.42 Å². The van der Waals surface area contributed by atoms with Gasteiger partial charge in [-0.25, -0.2) is 12.7 Å². The average Bonchev–Trinajstić information content (AvgIpc) is 3.41. The second-order valence-corrected chi connectivity index (χ2v) is 10.7. The molecule has 6 heteroatoms. The van der Waals surface area contributed by atoms with Gasteiger partial charge in [0.15, 0.2) is 0 Å². The van der Waals surface area contributed by atoms with Gasteiger partial charge in [0, 0.05) is 19.1 Å². The van der Waals surface area contributed by atoms with E-state index in [0.717, 1.165) is 30.9 Å². The van der Waals surface area contributed by atoms with Crippen molar-refractivity contribution >= 4 is 10.0 Å². The van der Waals surface area contributed by atoms with Gasteiger partial charge >= 0.3 is 0 Å². The van der Waals surface area contributed by atoms with Gasteiger partial charge in [-0.05, 0) is 80.0 Å². The molecule has 3 aliphatic rings. The largest absolute Gasteiger partial charge is 0.314 e. The van der Waals surface area contributed by atoms with E-state index in [4.69, 9.17) is 5.26 Å². The first-order valence-corrected chi connectivity index (χ1v) is 11.9. The molecule has 0 bridgehead atoms. The van der Waals surface area contributed by atoms with Gasteiger partial charge in [-0.2, -0.15) is 5.26 Å². The quantitative estimate of drug-likeness (QED) is 0.843. The number of hydrogen-bond donors (Lipinski definition) is 1. The highest BCUT2D eigenvalue weighted by atomic mass is 32.2. The molecule has 4 rings (SSSR count). The molecule has 0 aromatic heterocycles. The number of sulfonamides is 1. The Morgan fingerprint density at radius 3 is 2.74 bits per heavy atom. The Hall–Kier alpha value is -1.42. The maximum atomic E-state index is 11.6. The third-order valence-electron chi connectivity index (χ3n) is 7.04. The van der Waals surface area contributed by atoms with Crippen molar-refractivity contribution in [3.63, 3.8) is 0 Å². The molecule has 5 nitrogen and oxygen atoms in total. The molecule has 3 fully saturated rings. The van der Waals surface area contributed by atoms with Gasteiger partial charge in [-0.3, -0.25) is 0 Å². The van der Waals surface area contributed by atoms with E-state index in [1.807, 2.05) is 12.1 Å². The van der Waals surface area contributed by atoms with Crippen LogP contribution in [0.1, 0.15) is 49.7 Å². The standard InChI is InChI=1S/C21H29N3O2S/c1-27(25,26)24-9-6-16(7-10-24)15-23-20-5-8-21(13-19(21)12-20)18-4-2-3-17(11-18)14-22/h2-4,11,16,19-20,23H,5-10,12-13,15H2,1H3. The number of nitrogens with zero attached hydrogens (tertiary/aromatic N) is 2. The summed E-state index contributed by atoms with van der Waals surface area (Å²) in [6.45, 7) is 2.33. The molecule has 146 valence electrons. The number of rotatable bonds is 5. The van der Waals surface area contributed by atoms with E-state index < -0.39 is 10.0 Å². The van der Waals surface area contributed by atoms with Crippen molar-refractivity contribution in [2.45, 2.75) is 50.0 Å². The minimum absolute atomic E-state index is 0.325. The van der Waals surface area contributed by atoms with Crippen LogP contribution in [0.4, 0.5) is 0 Å². The molecule has 2 saturated carbocycles. The van der Waals surface area contributed by atoms with Gasteiger partial charge < -0.3 is 5.32 Å². The van der Waals surface area contributed by atoms with Gasteiger partial charge in [0.25, 0.3) is 0 Å². The SMILES string of the molecule is CS(=O)(=O)N1CCC(CNC2CCC3(c4cccc(C#N)c4)CC3C2)CC1. The topological polar surface area (TPSA) is 73.2 Å². The number of fused-ring (bicyclic) bond motifs is 1. The average molecular weight is 388 g/mol. The van der Waals surface area contributed by atoms with Crippen molar-refractivity contribution in [1.29, 1.82) is 5.26 Å². The van der Waals surface area contributed by atoms with Crippen LogP contribution in [-0.4, -0.2) is 44.7 Å². The lowest BCUT2D eigenvalue weighted by molar-refractivity contribution is 0.248. The molecule has 27 heavy (non-hydrogen) atoms. The Labute approximate surface area is 162 Å². The molecule has 1 aliphatic heterocycles. The molecule has 3 atom stereocenters. The van der Waals surface area contributed by atoms with E-state index in [9.17, 15) is 8.42 Å². The van der Waals surface area contributed by atoms with Crippen molar-refractivity contribution in [3.8, 4) is 6.07 Å². The van der Waals surface area contributed by atoms with E-state index in [1.54, 1.807) is 4.31 Å². The van der Waals surface area contributed by atoms with Crippen molar-refractivity contribution in [2.24, 2.45) is 11.8 Å². The van der Waals surface area contributed by atoms with E-state index in [1.165, 1.54) is 37.5 Å². The fraction of sp³-hybridized carbons (Fsp3) is 0.667. The summed E-state index contributed by atoms with van der Waals surface area (Å²) in [4.78, 5) is 0. The molecule has 1 N–H and O–H groups in total. The molecular formula is C21H29N3O2S. The summed E-state index contributed by atoms with van der Waals surface area (Å²) in [5.41, 5.74) is 2.46. The highest BCUT2D eigenvalue weighted by Crippen LogP contribution is 2.62. The fourth-order valence-corrected chi connectivity index (χ4v) is 6.12. The Kier molecular flexibility index (Phi) is 5.04. The number of benzene rings is 1. The molecule has 0 amide bonds. The minimum atomic E-state index is -3.03. The maximum Gasteiger partial charge on any atom is 0.211 e. The summed E-state index contributed by atoms with van der Waals surface area (Å²) < 4.78 is 24.8. The van der Waals surface area contributed by atoms with E-state index in [0.29, 0.717) is 30.5 Å².